The lowest BCUT2D eigenvalue weighted by Gasteiger charge is -2.29. The summed E-state index contributed by atoms with van der Waals surface area (Å²) < 4.78 is 0. The van der Waals surface area contributed by atoms with Gasteiger partial charge < -0.3 is 4.90 Å². The van der Waals surface area contributed by atoms with Gasteiger partial charge in [-0.1, -0.05) is 20.8 Å². The molecule has 3 nitrogen and oxygen atoms in total. The maximum Gasteiger partial charge on any atom is 0.236 e. The van der Waals surface area contributed by atoms with Crippen molar-refractivity contribution in [3.63, 3.8) is 0 Å². The molecule has 0 radical (unpaired) electrons. The molecule has 0 aromatic heterocycles. The zero-order chi connectivity index (χ0) is 11.6. The highest BCUT2D eigenvalue weighted by Gasteiger charge is 2.36. The first-order chi connectivity index (χ1) is 6.85. The molecule has 0 aliphatic carbocycles. The number of carbonyl (C=O) groups excluding carboxylic acids is 1. The van der Waals surface area contributed by atoms with E-state index in [9.17, 15) is 4.79 Å². The van der Waals surface area contributed by atoms with Crippen LogP contribution >= 0.6 is 0 Å². The summed E-state index contributed by atoms with van der Waals surface area (Å²) in [6, 6.07) is 0. The fourth-order valence-electron chi connectivity index (χ4n) is 2.02. The van der Waals surface area contributed by atoms with E-state index in [1.807, 2.05) is 14.1 Å². The first-order valence-electron chi connectivity index (χ1n) is 5.77. The standard InChI is InChI=1S/C12H24N2O/c1-10(2)12(3)6-7-14(9-12)8-11(15)13(4)5/h10H,6-9H2,1-5H3/t12-/m0/s1. The number of carbonyl (C=O) groups is 1. The Morgan fingerprint density at radius 3 is 2.47 bits per heavy atom. The maximum absolute atomic E-state index is 11.6. The molecule has 1 saturated heterocycles. The fourth-order valence-corrected chi connectivity index (χ4v) is 2.02. The number of hydrogen-bond donors (Lipinski definition) is 0. The van der Waals surface area contributed by atoms with Crippen LogP contribution in [-0.2, 0) is 4.79 Å². The predicted octanol–water partition coefficient (Wildman–Crippen LogP) is 1.44. The van der Waals surface area contributed by atoms with E-state index in [1.54, 1.807) is 4.90 Å². The smallest absolute Gasteiger partial charge is 0.236 e. The van der Waals surface area contributed by atoms with Crippen LogP contribution in [0.3, 0.4) is 0 Å². The first kappa shape index (κ1) is 12.5. The van der Waals surface area contributed by atoms with Crippen LogP contribution in [0.15, 0.2) is 0 Å². The van der Waals surface area contributed by atoms with Crippen LogP contribution in [0, 0.1) is 11.3 Å². The van der Waals surface area contributed by atoms with Gasteiger partial charge in [-0.25, -0.2) is 0 Å². The average molecular weight is 212 g/mol. The Labute approximate surface area is 93.4 Å². The second-order valence-corrected chi connectivity index (χ2v) is 5.56. The maximum atomic E-state index is 11.6. The largest absolute Gasteiger partial charge is 0.348 e. The van der Waals surface area contributed by atoms with E-state index in [2.05, 4.69) is 25.7 Å². The van der Waals surface area contributed by atoms with Crippen LogP contribution in [0.4, 0.5) is 0 Å². The Balaban J connectivity index is 2.47. The minimum atomic E-state index is 0.211. The number of likely N-dealkylation sites (tertiary alicyclic amines) is 1. The highest BCUT2D eigenvalue weighted by Crippen LogP contribution is 2.36. The summed E-state index contributed by atoms with van der Waals surface area (Å²) in [5.74, 6) is 0.903. The van der Waals surface area contributed by atoms with Crippen molar-refractivity contribution in [2.75, 3.05) is 33.7 Å². The Morgan fingerprint density at radius 2 is 2.07 bits per heavy atom. The molecule has 1 rings (SSSR count). The van der Waals surface area contributed by atoms with Gasteiger partial charge >= 0.3 is 0 Å². The van der Waals surface area contributed by atoms with E-state index < -0.39 is 0 Å². The molecule has 0 aromatic rings. The minimum Gasteiger partial charge on any atom is -0.348 e. The molecule has 1 aliphatic heterocycles. The van der Waals surface area contributed by atoms with E-state index in [0.717, 1.165) is 13.1 Å². The molecule has 1 heterocycles. The third kappa shape index (κ3) is 2.94. The third-order valence-electron chi connectivity index (χ3n) is 3.84. The first-order valence-corrected chi connectivity index (χ1v) is 5.77. The topological polar surface area (TPSA) is 23.6 Å². The Morgan fingerprint density at radius 1 is 1.47 bits per heavy atom. The third-order valence-corrected chi connectivity index (χ3v) is 3.84. The molecule has 0 N–H and O–H groups in total. The second-order valence-electron chi connectivity index (χ2n) is 5.56. The van der Waals surface area contributed by atoms with Gasteiger partial charge in [-0.15, -0.1) is 0 Å². The van der Waals surface area contributed by atoms with Crippen LogP contribution in [0.25, 0.3) is 0 Å². The Kier molecular flexibility index (Phi) is 3.77. The Bertz CT molecular complexity index is 238. The van der Waals surface area contributed by atoms with E-state index in [0.29, 0.717) is 17.9 Å². The van der Waals surface area contributed by atoms with Crippen molar-refractivity contribution in [1.82, 2.24) is 9.80 Å². The molecule has 1 atom stereocenters. The molecule has 0 bridgehead atoms. The lowest BCUT2D eigenvalue weighted by Crippen LogP contribution is -2.37. The van der Waals surface area contributed by atoms with Crippen LogP contribution in [0.1, 0.15) is 27.2 Å². The molecule has 0 saturated carbocycles. The molecule has 1 aliphatic rings. The summed E-state index contributed by atoms with van der Waals surface area (Å²) in [5, 5.41) is 0. The van der Waals surface area contributed by atoms with E-state index >= 15 is 0 Å². The van der Waals surface area contributed by atoms with Gasteiger partial charge in [0.15, 0.2) is 0 Å². The lowest BCUT2D eigenvalue weighted by atomic mass is 9.78. The normalized spacial score (nSPS) is 27.3. The second kappa shape index (κ2) is 4.52. The number of rotatable bonds is 3. The van der Waals surface area contributed by atoms with Crippen LogP contribution in [0.5, 0.6) is 0 Å². The molecule has 1 fully saturated rings. The van der Waals surface area contributed by atoms with Gasteiger partial charge in [0.25, 0.3) is 0 Å². The fraction of sp³-hybridized carbons (Fsp3) is 0.917. The number of likely N-dealkylation sites (N-methyl/N-ethyl adjacent to an activating group) is 1. The molecule has 0 aromatic carbocycles. The zero-order valence-electron chi connectivity index (χ0n) is 10.7. The van der Waals surface area contributed by atoms with Crippen molar-refractivity contribution in [2.24, 2.45) is 11.3 Å². The summed E-state index contributed by atoms with van der Waals surface area (Å²) in [4.78, 5) is 15.5. The summed E-state index contributed by atoms with van der Waals surface area (Å²) in [6.45, 7) is 9.58. The van der Waals surface area contributed by atoms with Crippen LogP contribution < -0.4 is 0 Å². The summed E-state index contributed by atoms with van der Waals surface area (Å²) in [6.07, 6.45) is 1.21. The minimum absolute atomic E-state index is 0.211. The van der Waals surface area contributed by atoms with Gasteiger partial charge in [0.2, 0.25) is 5.91 Å². The highest BCUT2D eigenvalue weighted by atomic mass is 16.2. The number of nitrogens with zero attached hydrogens (tertiary/aromatic N) is 2. The molecule has 15 heavy (non-hydrogen) atoms. The molecule has 1 amide bonds. The summed E-state index contributed by atoms with van der Waals surface area (Å²) in [7, 11) is 3.64. The Hall–Kier alpha value is -0.570. The molecular formula is C12H24N2O. The predicted molar refractivity (Wildman–Crippen MR) is 62.7 cm³/mol. The van der Waals surface area contributed by atoms with Gasteiger partial charge in [0.05, 0.1) is 6.54 Å². The van der Waals surface area contributed by atoms with E-state index in [-0.39, 0.29) is 5.91 Å². The highest BCUT2D eigenvalue weighted by molar-refractivity contribution is 5.77. The van der Waals surface area contributed by atoms with Gasteiger partial charge in [-0.3, -0.25) is 9.69 Å². The molecule has 3 heteroatoms. The summed E-state index contributed by atoms with van der Waals surface area (Å²) in [5.41, 5.74) is 0.395. The van der Waals surface area contributed by atoms with Crippen LogP contribution in [-0.4, -0.2) is 49.4 Å². The zero-order valence-corrected chi connectivity index (χ0v) is 10.7. The van der Waals surface area contributed by atoms with Crippen molar-refractivity contribution in [3.8, 4) is 0 Å². The van der Waals surface area contributed by atoms with Gasteiger partial charge in [0, 0.05) is 20.6 Å². The lowest BCUT2D eigenvalue weighted by molar-refractivity contribution is -0.129. The molecule has 88 valence electrons. The quantitative estimate of drug-likeness (QED) is 0.707. The van der Waals surface area contributed by atoms with Crippen molar-refractivity contribution < 1.29 is 4.79 Å². The van der Waals surface area contributed by atoms with Crippen molar-refractivity contribution in [3.05, 3.63) is 0 Å². The van der Waals surface area contributed by atoms with Gasteiger partial charge in [-0.2, -0.15) is 0 Å². The van der Waals surface area contributed by atoms with Crippen LogP contribution in [0.2, 0.25) is 0 Å². The van der Waals surface area contributed by atoms with E-state index in [4.69, 9.17) is 0 Å². The average Bonchev–Trinajstić information content (AvgIpc) is 2.48. The van der Waals surface area contributed by atoms with Crippen molar-refractivity contribution >= 4 is 5.91 Å². The number of amides is 1. The van der Waals surface area contributed by atoms with Gasteiger partial charge in [-0.05, 0) is 24.3 Å². The monoisotopic (exact) mass is 212 g/mol. The van der Waals surface area contributed by atoms with Crippen molar-refractivity contribution in [1.29, 1.82) is 0 Å². The summed E-state index contributed by atoms with van der Waals surface area (Å²) >= 11 is 0. The van der Waals surface area contributed by atoms with Crippen molar-refractivity contribution in [2.45, 2.75) is 27.2 Å². The van der Waals surface area contributed by atoms with Gasteiger partial charge in [0.1, 0.15) is 0 Å². The van der Waals surface area contributed by atoms with E-state index in [1.165, 1.54) is 6.42 Å². The number of hydrogen-bond acceptors (Lipinski definition) is 2. The molecule has 0 unspecified atom stereocenters. The molecular weight excluding hydrogens is 188 g/mol. The molecule has 0 spiro atoms. The SMILES string of the molecule is CC(C)[C@@]1(C)CCN(CC(=O)N(C)C)C1.